The molecule has 2 rings (SSSR count). The molecule has 0 aromatic heterocycles. The van der Waals surface area contributed by atoms with Gasteiger partial charge in [-0.05, 0) is 23.3 Å². The monoisotopic (exact) mass is 243 g/mol. The fourth-order valence-corrected chi connectivity index (χ4v) is 2.68. The van der Waals surface area contributed by atoms with Crippen LogP contribution < -0.4 is 0 Å². The molecule has 2 atom stereocenters. The molecule has 0 heterocycles. The summed E-state index contributed by atoms with van der Waals surface area (Å²) in [5, 5.41) is 0. The summed E-state index contributed by atoms with van der Waals surface area (Å²) < 4.78 is 0. The van der Waals surface area contributed by atoms with Crippen molar-refractivity contribution in [2.45, 2.75) is 26.2 Å². The number of benzene rings is 1. The molecule has 2 heteroatoms. The second-order valence-electron chi connectivity index (χ2n) is 5.51. The summed E-state index contributed by atoms with van der Waals surface area (Å²) in [5.41, 5.74) is 1.62. The number of hydrogen-bond acceptors (Lipinski definition) is 1. The third-order valence-electron chi connectivity index (χ3n) is 3.90. The Morgan fingerprint density at radius 3 is 2.72 bits per heavy atom. The van der Waals surface area contributed by atoms with Crippen LogP contribution in [0.15, 0.2) is 43.0 Å². The molecule has 0 aliphatic heterocycles. The lowest BCUT2D eigenvalue weighted by molar-refractivity contribution is -0.129. The van der Waals surface area contributed by atoms with Gasteiger partial charge in [0.15, 0.2) is 0 Å². The normalized spacial score (nSPS) is 25.6. The van der Waals surface area contributed by atoms with Crippen molar-refractivity contribution in [1.82, 2.24) is 4.90 Å². The molecule has 1 fully saturated rings. The molecule has 1 aromatic rings. The van der Waals surface area contributed by atoms with E-state index >= 15 is 0 Å². The topological polar surface area (TPSA) is 20.3 Å². The van der Waals surface area contributed by atoms with Crippen molar-refractivity contribution < 1.29 is 4.79 Å². The number of carbonyl (C=O) groups excluding carboxylic acids is 1. The van der Waals surface area contributed by atoms with Gasteiger partial charge in [-0.15, -0.1) is 6.58 Å². The fourth-order valence-electron chi connectivity index (χ4n) is 2.68. The van der Waals surface area contributed by atoms with Crippen LogP contribution in [0.25, 0.3) is 0 Å². The minimum Gasteiger partial charge on any atom is -0.339 e. The average molecular weight is 243 g/mol. The van der Waals surface area contributed by atoms with E-state index in [4.69, 9.17) is 0 Å². The third kappa shape index (κ3) is 2.63. The van der Waals surface area contributed by atoms with Gasteiger partial charge in [0.05, 0.1) is 0 Å². The van der Waals surface area contributed by atoms with Crippen molar-refractivity contribution in [3.05, 3.63) is 48.6 Å². The smallest absolute Gasteiger partial charge is 0.219 e. The fraction of sp³-hybridized carbons (Fsp3) is 0.438. The molecule has 18 heavy (non-hydrogen) atoms. The van der Waals surface area contributed by atoms with Crippen molar-refractivity contribution in [2.75, 3.05) is 13.1 Å². The molecule has 1 aliphatic carbocycles. The highest BCUT2D eigenvalue weighted by Crippen LogP contribution is 2.59. The Hall–Kier alpha value is -1.57. The lowest BCUT2D eigenvalue weighted by atomic mass is 10.0. The van der Waals surface area contributed by atoms with Crippen LogP contribution in [-0.4, -0.2) is 23.9 Å². The molecule has 1 aliphatic rings. The van der Waals surface area contributed by atoms with Gasteiger partial charge < -0.3 is 4.90 Å². The predicted octanol–water partition coefficient (Wildman–Crippen LogP) is 3.21. The van der Waals surface area contributed by atoms with Crippen molar-refractivity contribution in [3.8, 4) is 0 Å². The quantitative estimate of drug-likeness (QED) is 0.727. The molecule has 0 saturated heterocycles. The Bertz CT molecular complexity index is 440. The van der Waals surface area contributed by atoms with Crippen molar-refractivity contribution in [2.24, 2.45) is 5.41 Å². The molecular weight excluding hydrogens is 222 g/mol. The van der Waals surface area contributed by atoms with Gasteiger partial charge in [-0.25, -0.2) is 0 Å². The maximum Gasteiger partial charge on any atom is 0.219 e. The standard InChI is InChI=1S/C16H21NO/c1-4-10-17(13(2)18)12-16(3)11-15(16)14-8-6-5-7-9-14/h4-9,15H,1,10-12H2,2-3H3. The summed E-state index contributed by atoms with van der Waals surface area (Å²) in [6, 6.07) is 10.6. The second kappa shape index (κ2) is 4.97. The van der Waals surface area contributed by atoms with Crippen molar-refractivity contribution in [1.29, 1.82) is 0 Å². The van der Waals surface area contributed by atoms with E-state index in [2.05, 4.69) is 37.8 Å². The molecular formula is C16H21NO. The van der Waals surface area contributed by atoms with Gasteiger partial charge in [-0.1, -0.05) is 43.3 Å². The van der Waals surface area contributed by atoms with Gasteiger partial charge in [0.2, 0.25) is 5.91 Å². The van der Waals surface area contributed by atoms with Crippen LogP contribution >= 0.6 is 0 Å². The zero-order valence-electron chi connectivity index (χ0n) is 11.2. The van der Waals surface area contributed by atoms with Gasteiger partial charge in [0.1, 0.15) is 0 Å². The van der Waals surface area contributed by atoms with Gasteiger partial charge >= 0.3 is 0 Å². The summed E-state index contributed by atoms with van der Waals surface area (Å²) >= 11 is 0. The Morgan fingerprint density at radius 2 is 2.17 bits per heavy atom. The highest BCUT2D eigenvalue weighted by Gasteiger charge is 2.51. The predicted molar refractivity (Wildman–Crippen MR) is 74.4 cm³/mol. The molecule has 0 spiro atoms. The van der Waals surface area contributed by atoms with Crippen LogP contribution in [-0.2, 0) is 4.79 Å². The molecule has 0 radical (unpaired) electrons. The summed E-state index contributed by atoms with van der Waals surface area (Å²) in [6.07, 6.45) is 2.96. The first-order valence-electron chi connectivity index (χ1n) is 6.48. The van der Waals surface area contributed by atoms with Crippen LogP contribution in [0.4, 0.5) is 0 Å². The summed E-state index contributed by atoms with van der Waals surface area (Å²) in [7, 11) is 0. The van der Waals surface area contributed by atoms with Gasteiger partial charge in [0.25, 0.3) is 0 Å². The zero-order chi connectivity index (χ0) is 13.2. The van der Waals surface area contributed by atoms with Crippen LogP contribution in [0.1, 0.15) is 31.7 Å². The maximum absolute atomic E-state index is 11.6. The lowest BCUT2D eigenvalue weighted by Gasteiger charge is -2.24. The number of rotatable bonds is 5. The second-order valence-corrected chi connectivity index (χ2v) is 5.51. The molecule has 2 unspecified atom stereocenters. The number of nitrogens with zero attached hydrogens (tertiary/aromatic N) is 1. The Morgan fingerprint density at radius 1 is 1.50 bits per heavy atom. The largest absolute Gasteiger partial charge is 0.339 e. The van der Waals surface area contributed by atoms with E-state index in [9.17, 15) is 4.79 Å². The Kier molecular flexibility index (Phi) is 3.55. The summed E-state index contributed by atoms with van der Waals surface area (Å²) in [5.74, 6) is 0.722. The van der Waals surface area contributed by atoms with Crippen LogP contribution in [0.5, 0.6) is 0 Å². The molecule has 1 amide bonds. The van der Waals surface area contributed by atoms with E-state index in [0.29, 0.717) is 12.5 Å². The number of amides is 1. The first-order chi connectivity index (χ1) is 8.57. The number of carbonyl (C=O) groups is 1. The van der Waals surface area contributed by atoms with Gasteiger partial charge in [-0.2, -0.15) is 0 Å². The SMILES string of the molecule is C=CCN(CC1(C)CC1c1ccccc1)C(C)=O. The highest BCUT2D eigenvalue weighted by atomic mass is 16.2. The summed E-state index contributed by atoms with van der Waals surface area (Å²) in [6.45, 7) is 9.09. The molecule has 1 aromatic carbocycles. The van der Waals surface area contributed by atoms with Crippen LogP contribution in [0.2, 0.25) is 0 Å². The summed E-state index contributed by atoms with van der Waals surface area (Å²) in [4.78, 5) is 13.4. The molecule has 2 nitrogen and oxygen atoms in total. The lowest BCUT2D eigenvalue weighted by Crippen LogP contribution is -2.34. The maximum atomic E-state index is 11.6. The van der Waals surface area contributed by atoms with E-state index in [1.54, 1.807) is 13.0 Å². The van der Waals surface area contributed by atoms with Crippen molar-refractivity contribution in [3.63, 3.8) is 0 Å². The highest BCUT2D eigenvalue weighted by molar-refractivity contribution is 5.73. The van der Waals surface area contributed by atoms with E-state index in [1.807, 2.05) is 11.0 Å². The molecule has 96 valence electrons. The molecule has 1 saturated carbocycles. The van der Waals surface area contributed by atoms with Gasteiger partial charge in [-0.3, -0.25) is 4.79 Å². The zero-order valence-corrected chi connectivity index (χ0v) is 11.2. The van der Waals surface area contributed by atoms with Gasteiger partial charge in [0, 0.05) is 20.0 Å². The van der Waals surface area contributed by atoms with Crippen LogP contribution in [0.3, 0.4) is 0 Å². The van der Waals surface area contributed by atoms with E-state index in [-0.39, 0.29) is 11.3 Å². The number of hydrogen-bond donors (Lipinski definition) is 0. The first kappa shape index (κ1) is 12.9. The molecule has 0 N–H and O–H groups in total. The third-order valence-corrected chi connectivity index (χ3v) is 3.90. The van der Waals surface area contributed by atoms with Crippen molar-refractivity contribution >= 4 is 5.91 Å². The van der Waals surface area contributed by atoms with E-state index in [0.717, 1.165) is 13.0 Å². The Labute approximate surface area is 109 Å². The molecule has 0 bridgehead atoms. The minimum absolute atomic E-state index is 0.134. The van der Waals surface area contributed by atoms with Crippen LogP contribution in [0, 0.1) is 5.41 Å². The van der Waals surface area contributed by atoms with E-state index in [1.165, 1.54) is 5.56 Å². The van der Waals surface area contributed by atoms with E-state index < -0.39 is 0 Å². The first-order valence-corrected chi connectivity index (χ1v) is 6.48. The minimum atomic E-state index is 0.134. The Balaban J connectivity index is 2.03. The average Bonchev–Trinajstić information content (AvgIpc) is 3.02.